The van der Waals surface area contributed by atoms with Gasteiger partial charge in [-0.1, -0.05) is 30.7 Å². The molecule has 1 aliphatic carbocycles. The molecule has 62 valence electrons. The molecule has 1 rings (SSSR count). The SMILES string of the molecule is C1=C\CCCCC/C=C\CC/1. The van der Waals surface area contributed by atoms with Crippen LogP contribution in [0.4, 0.5) is 0 Å². The number of hydrogen-bond donors (Lipinski definition) is 0. The Bertz CT molecular complexity index is 115. The third-order valence-corrected chi connectivity index (χ3v) is 2.07. The second-order valence-electron chi connectivity index (χ2n) is 3.16. The lowest BCUT2D eigenvalue weighted by Gasteiger charge is -1.93. The highest BCUT2D eigenvalue weighted by molar-refractivity contribution is 4.88. The summed E-state index contributed by atoms with van der Waals surface area (Å²) in [4.78, 5) is 0. The first-order valence-electron chi connectivity index (χ1n) is 4.80. The normalized spacial score (nSPS) is 26.9. The van der Waals surface area contributed by atoms with Gasteiger partial charge in [-0.15, -0.1) is 0 Å². The lowest BCUT2D eigenvalue weighted by Crippen LogP contribution is -1.73. The van der Waals surface area contributed by atoms with Crippen LogP contribution in [0.2, 0.25) is 0 Å². The molecule has 0 heterocycles. The van der Waals surface area contributed by atoms with Gasteiger partial charge < -0.3 is 0 Å². The minimum absolute atomic E-state index is 1.23. The van der Waals surface area contributed by atoms with E-state index in [1.54, 1.807) is 0 Å². The predicted molar refractivity (Wildman–Crippen MR) is 50.6 cm³/mol. The molecule has 0 atom stereocenters. The van der Waals surface area contributed by atoms with Crippen LogP contribution >= 0.6 is 0 Å². The standard InChI is InChI=1S/C11H18/c1-2-4-6-8-10-11-9-7-5-3-1/h1-2,7,9H,3-6,8,10-11H2/b2-1-,9-7-. The molecule has 11 heavy (non-hydrogen) atoms. The van der Waals surface area contributed by atoms with Gasteiger partial charge in [0.1, 0.15) is 0 Å². The summed E-state index contributed by atoms with van der Waals surface area (Å²) in [6.45, 7) is 0. The van der Waals surface area contributed by atoms with Gasteiger partial charge in [0.25, 0.3) is 0 Å². The van der Waals surface area contributed by atoms with Crippen molar-refractivity contribution >= 4 is 0 Å². The minimum Gasteiger partial charge on any atom is -0.0885 e. The van der Waals surface area contributed by atoms with Crippen LogP contribution in [0.15, 0.2) is 24.3 Å². The van der Waals surface area contributed by atoms with E-state index in [1.807, 2.05) is 0 Å². The van der Waals surface area contributed by atoms with Gasteiger partial charge in [-0.05, 0) is 38.5 Å². The molecule has 0 aromatic carbocycles. The maximum absolute atomic E-state index is 2.33. The molecule has 0 spiro atoms. The molecular formula is C11H18. The first-order chi connectivity index (χ1) is 5.50. The van der Waals surface area contributed by atoms with Crippen molar-refractivity contribution in [1.82, 2.24) is 0 Å². The Morgan fingerprint density at radius 1 is 0.455 bits per heavy atom. The van der Waals surface area contributed by atoms with E-state index in [4.69, 9.17) is 0 Å². The van der Waals surface area contributed by atoms with Crippen LogP contribution in [0, 0.1) is 0 Å². The van der Waals surface area contributed by atoms with E-state index in [0.29, 0.717) is 0 Å². The predicted octanol–water partition coefficient (Wildman–Crippen LogP) is 3.84. The number of allylic oxidation sites excluding steroid dienone is 4. The van der Waals surface area contributed by atoms with Gasteiger partial charge in [0, 0.05) is 0 Å². The molecule has 0 nitrogen and oxygen atoms in total. The molecular weight excluding hydrogens is 132 g/mol. The fraction of sp³-hybridized carbons (Fsp3) is 0.636. The van der Waals surface area contributed by atoms with Crippen molar-refractivity contribution in [2.75, 3.05) is 0 Å². The summed E-state index contributed by atoms with van der Waals surface area (Å²) >= 11 is 0. The first kappa shape index (κ1) is 8.58. The molecule has 0 aromatic heterocycles. The molecule has 1 aliphatic rings. The molecule has 0 aliphatic heterocycles. The number of rotatable bonds is 0. The van der Waals surface area contributed by atoms with Crippen LogP contribution in [-0.4, -0.2) is 0 Å². The second-order valence-corrected chi connectivity index (χ2v) is 3.16. The van der Waals surface area contributed by atoms with E-state index in [1.165, 1.54) is 44.9 Å². The van der Waals surface area contributed by atoms with Crippen LogP contribution in [0.3, 0.4) is 0 Å². The van der Waals surface area contributed by atoms with Gasteiger partial charge in [-0.25, -0.2) is 0 Å². The summed E-state index contributed by atoms with van der Waals surface area (Å²) in [5, 5.41) is 0. The van der Waals surface area contributed by atoms with Crippen LogP contribution in [0.1, 0.15) is 44.9 Å². The van der Waals surface area contributed by atoms with E-state index in [-0.39, 0.29) is 0 Å². The monoisotopic (exact) mass is 150 g/mol. The molecule has 0 amide bonds. The molecule has 0 saturated carbocycles. The van der Waals surface area contributed by atoms with Crippen molar-refractivity contribution in [1.29, 1.82) is 0 Å². The molecule has 0 fully saturated rings. The smallest absolute Gasteiger partial charge is 0.0316 e. The van der Waals surface area contributed by atoms with Gasteiger partial charge in [0.05, 0.1) is 0 Å². The lowest BCUT2D eigenvalue weighted by atomic mass is 10.1. The average molecular weight is 150 g/mol. The Morgan fingerprint density at radius 2 is 0.909 bits per heavy atom. The third kappa shape index (κ3) is 4.83. The van der Waals surface area contributed by atoms with Gasteiger partial charge in [0.2, 0.25) is 0 Å². The summed E-state index contributed by atoms with van der Waals surface area (Å²) < 4.78 is 0. The third-order valence-electron chi connectivity index (χ3n) is 2.07. The highest BCUT2D eigenvalue weighted by atomic mass is 13.9. The van der Waals surface area contributed by atoms with Gasteiger partial charge in [-0.2, -0.15) is 0 Å². The highest BCUT2D eigenvalue weighted by Gasteiger charge is 1.87. The van der Waals surface area contributed by atoms with Crippen molar-refractivity contribution in [2.45, 2.75) is 44.9 Å². The largest absolute Gasteiger partial charge is 0.0885 e. The molecule has 0 bridgehead atoms. The Hall–Kier alpha value is -0.520. The van der Waals surface area contributed by atoms with Crippen molar-refractivity contribution < 1.29 is 0 Å². The topological polar surface area (TPSA) is 0 Å². The zero-order chi connectivity index (χ0) is 7.78. The molecule has 0 N–H and O–H groups in total. The fourth-order valence-corrected chi connectivity index (χ4v) is 1.37. The van der Waals surface area contributed by atoms with Crippen molar-refractivity contribution in [3.63, 3.8) is 0 Å². The van der Waals surface area contributed by atoms with E-state index in [2.05, 4.69) is 24.3 Å². The lowest BCUT2D eigenvalue weighted by molar-refractivity contribution is 0.696. The summed E-state index contributed by atoms with van der Waals surface area (Å²) in [5.74, 6) is 0. The van der Waals surface area contributed by atoms with Crippen LogP contribution in [-0.2, 0) is 0 Å². The van der Waals surface area contributed by atoms with Crippen molar-refractivity contribution in [3.05, 3.63) is 24.3 Å². The Morgan fingerprint density at radius 3 is 1.45 bits per heavy atom. The molecule has 0 aromatic rings. The van der Waals surface area contributed by atoms with Gasteiger partial charge in [0.15, 0.2) is 0 Å². The molecule has 0 radical (unpaired) electrons. The van der Waals surface area contributed by atoms with Crippen LogP contribution < -0.4 is 0 Å². The van der Waals surface area contributed by atoms with Gasteiger partial charge >= 0.3 is 0 Å². The average Bonchev–Trinajstić information content (AvgIpc) is 2.08. The summed E-state index contributed by atoms with van der Waals surface area (Å²) in [7, 11) is 0. The summed E-state index contributed by atoms with van der Waals surface area (Å²) in [5.41, 5.74) is 0. The zero-order valence-corrected chi connectivity index (χ0v) is 7.26. The maximum atomic E-state index is 2.33. The highest BCUT2D eigenvalue weighted by Crippen LogP contribution is 2.07. The summed E-state index contributed by atoms with van der Waals surface area (Å²) in [6.07, 6.45) is 18.5. The fourth-order valence-electron chi connectivity index (χ4n) is 1.37. The van der Waals surface area contributed by atoms with E-state index < -0.39 is 0 Å². The summed E-state index contributed by atoms with van der Waals surface area (Å²) in [6, 6.07) is 0. The quantitative estimate of drug-likeness (QED) is 0.460. The van der Waals surface area contributed by atoms with Gasteiger partial charge in [-0.3, -0.25) is 0 Å². The van der Waals surface area contributed by atoms with E-state index in [0.717, 1.165) is 0 Å². The maximum Gasteiger partial charge on any atom is -0.0316 e. The van der Waals surface area contributed by atoms with E-state index >= 15 is 0 Å². The molecule has 0 unspecified atom stereocenters. The van der Waals surface area contributed by atoms with Crippen molar-refractivity contribution in [2.24, 2.45) is 0 Å². The first-order valence-corrected chi connectivity index (χ1v) is 4.80. The number of hydrogen-bond acceptors (Lipinski definition) is 0. The Labute approximate surface area is 70.0 Å². The Kier molecular flexibility index (Phi) is 4.84. The van der Waals surface area contributed by atoms with Crippen molar-refractivity contribution in [3.8, 4) is 0 Å². The minimum atomic E-state index is 1.23. The molecule has 0 heteroatoms. The zero-order valence-electron chi connectivity index (χ0n) is 7.26. The van der Waals surface area contributed by atoms with Crippen LogP contribution in [0.5, 0.6) is 0 Å². The molecule has 0 saturated heterocycles. The van der Waals surface area contributed by atoms with Crippen LogP contribution in [0.25, 0.3) is 0 Å². The Balaban J connectivity index is 2.22. The van der Waals surface area contributed by atoms with E-state index in [9.17, 15) is 0 Å². The second kappa shape index (κ2) is 6.21.